The molecule has 0 aromatic carbocycles. The lowest BCUT2D eigenvalue weighted by Crippen LogP contribution is -2.51. The fraction of sp³-hybridized carbons (Fsp3) is 1.00. The van der Waals surface area contributed by atoms with Gasteiger partial charge in [-0.3, -0.25) is 4.90 Å². The molecule has 1 saturated heterocycles. The van der Waals surface area contributed by atoms with Gasteiger partial charge in [0.05, 0.1) is 6.61 Å². The summed E-state index contributed by atoms with van der Waals surface area (Å²) in [5.41, 5.74) is 0.501. The van der Waals surface area contributed by atoms with Gasteiger partial charge < -0.3 is 10.1 Å². The van der Waals surface area contributed by atoms with E-state index < -0.39 is 0 Å². The molecular formula is C17H34N2O. The first-order valence-corrected chi connectivity index (χ1v) is 8.37. The standard InChI is InChI=1S/C17H34N2O/c1-14(2)19(10-15-6-7-15)12-17(8-9-20-13-17)11-18-16(3,4)5/h14-15,18H,6-13H2,1-5H3. The van der Waals surface area contributed by atoms with Crippen LogP contribution in [0.4, 0.5) is 0 Å². The molecule has 0 aromatic rings. The molecule has 0 radical (unpaired) electrons. The zero-order valence-corrected chi connectivity index (χ0v) is 14.2. The van der Waals surface area contributed by atoms with E-state index >= 15 is 0 Å². The molecule has 20 heavy (non-hydrogen) atoms. The van der Waals surface area contributed by atoms with Crippen LogP contribution in [0.5, 0.6) is 0 Å². The maximum absolute atomic E-state index is 5.76. The van der Waals surface area contributed by atoms with Gasteiger partial charge in [-0.25, -0.2) is 0 Å². The summed E-state index contributed by atoms with van der Waals surface area (Å²) in [5.74, 6) is 0.965. The van der Waals surface area contributed by atoms with Crippen LogP contribution in [-0.2, 0) is 4.74 Å². The van der Waals surface area contributed by atoms with Crippen molar-refractivity contribution < 1.29 is 4.74 Å². The Morgan fingerprint density at radius 3 is 2.45 bits per heavy atom. The molecule has 2 fully saturated rings. The summed E-state index contributed by atoms with van der Waals surface area (Å²) in [6.07, 6.45) is 4.07. The highest BCUT2D eigenvalue weighted by atomic mass is 16.5. The zero-order chi connectivity index (χ0) is 14.8. The predicted molar refractivity (Wildman–Crippen MR) is 85.1 cm³/mol. The molecule has 0 amide bonds. The van der Waals surface area contributed by atoms with Crippen LogP contribution in [0.3, 0.4) is 0 Å². The molecule has 1 atom stereocenters. The Bertz CT molecular complexity index is 299. The van der Waals surface area contributed by atoms with Gasteiger partial charge in [-0.05, 0) is 59.8 Å². The lowest BCUT2D eigenvalue weighted by molar-refractivity contribution is 0.0852. The second kappa shape index (κ2) is 6.33. The van der Waals surface area contributed by atoms with E-state index in [1.807, 2.05) is 0 Å². The molecule has 1 heterocycles. The third-order valence-corrected chi connectivity index (χ3v) is 4.64. The van der Waals surface area contributed by atoms with Crippen LogP contribution >= 0.6 is 0 Å². The number of ether oxygens (including phenoxy) is 1. The fourth-order valence-corrected chi connectivity index (χ4v) is 2.94. The Balaban J connectivity index is 1.95. The minimum atomic E-state index is 0.189. The van der Waals surface area contributed by atoms with Crippen LogP contribution in [0.2, 0.25) is 0 Å². The van der Waals surface area contributed by atoms with Crippen LogP contribution < -0.4 is 5.32 Å². The van der Waals surface area contributed by atoms with Gasteiger partial charge in [0.25, 0.3) is 0 Å². The van der Waals surface area contributed by atoms with Gasteiger partial charge in [0.2, 0.25) is 0 Å². The molecule has 2 aliphatic rings. The van der Waals surface area contributed by atoms with Gasteiger partial charge >= 0.3 is 0 Å². The van der Waals surface area contributed by atoms with Crippen LogP contribution in [0, 0.1) is 11.3 Å². The average molecular weight is 282 g/mol. The van der Waals surface area contributed by atoms with Crippen LogP contribution in [-0.4, -0.2) is 49.3 Å². The Morgan fingerprint density at radius 1 is 1.30 bits per heavy atom. The molecule has 0 bridgehead atoms. The third-order valence-electron chi connectivity index (χ3n) is 4.64. The summed E-state index contributed by atoms with van der Waals surface area (Å²) in [6, 6.07) is 0.641. The number of nitrogens with one attached hydrogen (secondary N) is 1. The highest BCUT2D eigenvalue weighted by molar-refractivity contribution is 4.92. The normalized spacial score (nSPS) is 27.8. The third kappa shape index (κ3) is 5.01. The van der Waals surface area contributed by atoms with Crippen molar-refractivity contribution in [1.82, 2.24) is 10.2 Å². The van der Waals surface area contributed by atoms with E-state index in [9.17, 15) is 0 Å². The lowest BCUT2D eigenvalue weighted by atomic mass is 9.85. The van der Waals surface area contributed by atoms with Crippen molar-refractivity contribution in [3.63, 3.8) is 0 Å². The molecule has 118 valence electrons. The largest absolute Gasteiger partial charge is 0.381 e. The van der Waals surface area contributed by atoms with E-state index in [4.69, 9.17) is 4.74 Å². The summed E-state index contributed by atoms with van der Waals surface area (Å²) in [6.45, 7) is 16.8. The van der Waals surface area contributed by atoms with Gasteiger partial charge in [-0.15, -0.1) is 0 Å². The van der Waals surface area contributed by atoms with Crippen molar-refractivity contribution in [3.05, 3.63) is 0 Å². The van der Waals surface area contributed by atoms with Crippen molar-refractivity contribution in [2.45, 2.75) is 65.5 Å². The molecule has 0 aromatic heterocycles. The molecule has 2 rings (SSSR count). The first kappa shape index (κ1) is 16.3. The first-order chi connectivity index (χ1) is 9.30. The van der Waals surface area contributed by atoms with Crippen molar-refractivity contribution in [1.29, 1.82) is 0 Å². The van der Waals surface area contributed by atoms with Crippen LogP contribution in [0.1, 0.15) is 53.9 Å². The second-order valence-electron chi connectivity index (χ2n) is 8.37. The SMILES string of the molecule is CC(C)N(CC1CC1)CC1(CNC(C)(C)C)CCOC1. The Labute approximate surface area is 125 Å². The summed E-state index contributed by atoms with van der Waals surface area (Å²) in [4.78, 5) is 2.69. The second-order valence-corrected chi connectivity index (χ2v) is 8.37. The number of rotatable bonds is 7. The first-order valence-electron chi connectivity index (χ1n) is 8.37. The molecular weight excluding hydrogens is 248 g/mol. The maximum atomic E-state index is 5.76. The van der Waals surface area contributed by atoms with Gasteiger partial charge in [0, 0.05) is 43.2 Å². The van der Waals surface area contributed by atoms with Gasteiger partial charge in [-0.1, -0.05) is 0 Å². The Kier molecular flexibility index (Phi) is 5.14. The van der Waals surface area contributed by atoms with Crippen LogP contribution in [0.15, 0.2) is 0 Å². The molecule has 3 heteroatoms. The van der Waals surface area contributed by atoms with Crippen molar-refractivity contribution >= 4 is 0 Å². The Morgan fingerprint density at radius 2 is 2.00 bits per heavy atom. The number of hydrogen-bond acceptors (Lipinski definition) is 3. The van der Waals surface area contributed by atoms with E-state index in [0.29, 0.717) is 11.5 Å². The van der Waals surface area contributed by atoms with Gasteiger partial charge in [0.1, 0.15) is 0 Å². The summed E-state index contributed by atoms with van der Waals surface area (Å²) in [7, 11) is 0. The number of hydrogen-bond donors (Lipinski definition) is 1. The van der Waals surface area contributed by atoms with E-state index in [1.165, 1.54) is 32.4 Å². The molecule has 1 aliphatic heterocycles. The minimum Gasteiger partial charge on any atom is -0.381 e. The minimum absolute atomic E-state index is 0.189. The molecule has 0 spiro atoms. The van der Waals surface area contributed by atoms with Gasteiger partial charge in [0.15, 0.2) is 0 Å². The van der Waals surface area contributed by atoms with E-state index in [1.54, 1.807) is 0 Å². The van der Waals surface area contributed by atoms with Crippen molar-refractivity contribution in [3.8, 4) is 0 Å². The molecule has 3 nitrogen and oxygen atoms in total. The average Bonchev–Trinajstić information content (AvgIpc) is 3.03. The van der Waals surface area contributed by atoms with Gasteiger partial charge in [-0.2, -0.15) is 0 Å². The smallest absolute Gasteiger partial charge is 0.0547 e. The fourth-order valence-electron chi connectivity index (χ4n) is 2.94. The molecule has 1 saturated carbocycles. The van der Waals surface area contributed by atoms with Crippen molar-refractivity contribution in [2.75, 3.05) is 32.8 Å². The zero-order valence-electron chi connectivity index (χ0n) is 14.2. The Hall–Kier alpha value is -0.120. The molecule has 1 aliphatic carbocycles. The monoisotopic (exact) mass is 282 g/mol. The lowest BCUT2D eigenvalue weighted by Gasteiger charge is -2.38. The predicted octanol–water partition coefficient (Wildman–Crippen LogP) is 2.90. The summed E-state index contributed by atoms with van der Waals surface area (Å²) < 4.78 is 5.76. The topological polar surface area (TPSA) is 24.5 Å². The summed E-state index contributed by atoms with van der Waals surface area (Å²) in [5, 5.41) is 3.71. The maximum Gasteiger partial charge on any atom is 0.0547 e. The van der Waals surface area contributed by atoms with Crippen LogP contribution in [0.25, 0.3) is 0 Å². The van der Waals surface area contributed by atoms with E-state index in [2.05, 4.69) is 44.8 Å². The van der Waals surface area contributed by atoms with Crippen molar-refractivity contribution in [2.24, 2.45) is 11.3 Å². The highest BCUT2D eigenvalue weighted by Gasteiger charge is 2.39. The van der Waals surface area contributed by atoms with E-state index in [-0.39, 0.29) is 5.54 Å². The molecule has 1 unspecified atom stereocenters. The summed E-state index contributed by atoms with van der Waals surface area (Å²) >= 11 is 0. The van der Waals surface area contributed by atoms with E-state index in [0.717, 1.165) is 25.7 Å². The molecule has 1 N–H and O–H groups in total. The number of nitrogens with zero attached hydrogens (tertiary/aromatic N) is 1. The quantitative estimate of drug-likeness (QED) is 0.777. The highest BCUT2D eigenvalue weighted by Crippen LogP contribution is 2.34.